The fourth-order valence-corrected chi connectivity index (χ4v) is 8.82. The van der Waals surface area contributed by atoms with E-state index in [0.29, 0.717) is 26.1 Å². The highest BCUT2D eigenvalue weighted by Gasteiger charge is 2.61. The molecule has 0 aliphatic carbocycles. The van der Waals surface area contributed by atoms with E-state index in [2.05, 4.69) is 16.9 Å². The molecule has 0 saturated carbocycles. The molecule has 13 atom stereocenters. The summed E-state index contributed by atoms with van der Waals surface area (Å²) in [5, 5.41) is 14.6. The number of amides is 1. The molecular formula is C41H63FN4O10. The van der Waals surface area contributed by atoms with Gasteiger partial charge in [0.2, 0.25) is 0 Å². The van der Waals surface area contributed by atoms with Crippen LogP contribution < -0.4 is 5.32 Å². The molecule has 1 aromatic rings. The molecule has 0 aromatic carbocycles. The Kier molecular flexibility index (Phi) is 15.0. The number of ether oxygens (including phenoxy) is 5. The van der Waals surface area contributed by atoms with Crippen LogP contribution >= 0.6 is 0 Å². The third-order valence-corrected chi connectivity index (χ3v) is 12.0. The molecule has 0 bridgehead atoms. The van der Waals surface area contributed by atoms with Crippen LogP contribution in [-0.2, 0) is 44.6 Å². The highest BCUT2D eigenvalue weighted by molar-refractivity contribution is 6.08. The Balaban J connectivity index is 1.75. The van der Waals surface area contributed by atoms with Crippen molar-refractivity contribution in [1.29, 1.82) is 0 Å². The van der Waals surface area contributed by atoms with E-state index < -0.39 is 89.2 Å². The van der Waals surface area contributed by atoms with E-state index in [0.717, 1.165) is 12.5 Å². The number of halogens is 1. The zero-order valence-corrected chi connectivity index (χ0v) is 34.7. The number of aromatic nitrogens is 1. The predicted octanol–water partition coefficient (Wildman–Crippen LogP) is 4.02. The second-order valence-electron chi connectivity index (χ2n) is 16.5. The molecule has 0 radical (unpaired) electrons. The summed E-state index contributed by atoms with van der Waals surface area (Å²) in [4.78, 5) is 64.2. The minimum Gasteiger partial charge on any atom is -0.455 e. The number of aliphatic hydroxyl groups excluding tert-OH is 1. The molecule has 1 unspecified atom stereocenters. The number of ketones is 2. The van der Waals surface area contributed by atoms with Crippen molar-refractivity contribution in [2.45, 2.75) is 141 Å². The minimum atomic E-state index is -3.18. The maximum absolute atomic E-state index is 16.9. The number of esters is 1. The van der Waals surface area contributed by atoms with Crippen molar-refractivity contribution in [2.24, 2.45) is 17.8 Å². The first-order chi connectivity index (χ1) is 26.2. The molecule has 4 rings (SSSR count). The first kappa shape index (κ1) is 45.4. The molecule has 0 spiro atoms. The van der Waals surface area contributed by atoms with Gasteiger partial charge in [-0.2, -0.15) is 0 Å². The fraction of sp³-hybridized carbons (Fsp3) is 0.732. The second kappa shape index (κ2) is 18.5. The van der Waals surface area contributed by atoms with Crippen molar-refractivity contribution in [3.8, 4) is 0 Å². The summed E-state index contributed by atoms with van der Waals surface area (Å²) in [5.41, 5.74) is -5.27. The maximum Gasteiger partial charge on any atom is 0.410 e. The van der Waals surface area contributed by atoms with E-state index in [1.54, 1.807) is 53.1 Å². The fourth-order valence-electron chi connectivity index (χ4n) is 8.82. The van der Waals surface area contributed by atoms with Gasteiger partial charge in [-0.25, -0.2) is 14.0 Å². The number of Topliss-reactive ketones (excluding diaryl/α,β-unsaturated/α-hetero) is 2. The SMILES string of the molecule is C=CCN[C@H]1C[C@@H](C)O[C@@H](O[C@@H]2[C@@H](C)C(=O)[C@](C)(F)C(=O)O[C@H](CC)[C@@]3(C)OC(=O)N(CCN(C)Cc4cccnc4)C3[C@@H](C)C(=O)[C@H](C)C[C@@]2(C)OC)[C@H]1O. The van der Waals surface area contributed by atoms with E-state index in [1.165, 1.54) is 18.9 Å². The van der Waals surface area contributed by atoms with Gasteiger partial charge in [0.15, 0.2) is 17.7 Å². The summed E-state index contributed by atoms with van der Waals surface area (Å²) in [6, 6.07) is 2.39. The Labute approximate surface area is 330 Å². The van der Waals surface area contributed by atoms with E-state index in [1.807, 2.05) is 31.0 Å². The molecule has 56 heavy (non-hydrogen) atoms. The quantitative estimate of drug-likeness (QED) is 0.177. The van der Waals surface area contributed by atoms with Gasteiger partial charge in [-0.3, -0.25) is 19.5 Å². The van der Waals surface area contributed by atoms with E-state index in [9.17, 15) is 24.3 Å². The van der Waals surface area contributed by atoms with Crippen LogP contribution in [-0.4, -0.2) is 137 Å². The zero-order chi connectivity index (χ0) is 41.7. The third kappa shape index (κ3) is 9.50. The highest BCUT2D eigenvalue weighted by atomic mass is 19.1. The van der Waals surface area contributed by atoms with Crippen molar-refractivity contribution >= 4 is 23.6 Å². The first-order valence-electron chi connectivity index (χ1n) is 19.7. The van der Waals surface area contributed by atoms with Gasteiger partial charge in [-0.15, -0.1) is 6.58 Å². The number of hydrogen-bond donors (Lipinski definition) is 2. The number of pyridine rings is 1. The normalized spacial score (nSPS) is 38.8. The van der Waals surface area contributed by atoms with Gasteiger partial charge in [-0.05, 0) is 65.6 Å². The first-order valence-corrected chi connectivity index (χ1v) is 19.7. The molecule has 3 saturated heterocycles. The van der Waals surface area contributed by atoms with Crippen molar-refractivity contribution < 1.29 is 52.4 Å². The lowest BCUT2D eigenvalue weighted by atomic mass is 9.73. The lowest BCUT2D eigenvalue weighted by molar-refractivity contribution is -0.290. The monoisotopic (exact) mass is 790 g/mol. The van der Waals surface area contributed by atoms with Gasteiger partial charge in [-0.1, -0.05) is 39.8 Å². The zero-order valence-electron chi connectivity index (χ0n) is 34.7. The molecule has 1 amide bonds. The number of nitrogens with one attached hydrogen (secondary N) is 1. The Bertz CT molecular complexity index is 1550. The van der Waals surface area contributed by atoms with Crippen LogP contribution in [0.1, 0.15) is 80.2 Å². The minimum absolute atomic E-state index is 0.0117. The maximum atomic E-state index is 16.9. The number of methoxy groups -OCH3 is 1. The molecule has 15 heteroatoms. The Morgan fingerprint density at radius 2 is 1.86 bits per heavy atom. The van der Waals surface area contributed by atoms with Gasteiger partial charge in [0, 0.05) is 69.5 Å². The number of alkyl halides is 1. The summed E-state index contributed by atoms with van der Waals surface area (Å²) in [6.45, 7) is 17.7. The summed E-state index contributed by atoms with van der Waals surface area (Å²) < 4.78 is 47.3. The molecule has 314 valence electrons. The van der Waals surface area contributed by atoms with Gasteiger partial charge in [0.25, 0.3) is 5.67 Å². The average Bonchev–Trinajstić information content (AvgIpc) is 3.42. The summed E-state index contributed by atoms with van der Waals surface area (Å²) in [7, 11) is 3.29. The Morgan fingerprint density at radius 3 is 2.46 bits per heavy atom. The third-order valence-electron chi connectivity index (χ3n) is 12.0. The highest BCUT2D eigenvalue weighted by Crippen LogP contribution is 2.43. The van der Waals surface area contributed by atoms with Gasteiger partial charge in [0.05, 0.1) is 23.9 Å². The number of carbonyl (C=O) groups is 4. The molecule has 14 nitrogen and oxygen atoms in total. The lowest BCUT2D eigenvalue weighted by Gasteiger charge is -2.46. The number of carbonyl (C=O) groups excluding carboxylic acids is 4. The number of rotatable bonds is 12. The van der Waals surface area contributed by atoms with Crippen LogP contribution in [0, 0.1) is 17.8 Å². The number of hydrogen-bond acceptors (Lipinski definition) is 13. The van der Waals surface area contributed by atoms with E-state index in [-0.39, 0.29) is 31.3 Å². The number of fused-ring (bicyclic) bond motifs is 1. The molecule has 3 aliphatic rings. The van der Waals surface area contributed by atoms with Gasteiger partial charge >= 0.3 is 12.1 Å². The summed E-state index contributed by atoms with van der Waals surface area (Å²) in [6.07, 6.45) is -0.488. The number of aliphatic hydroxyl groups is 1. The summed E-state index contributed by atoms with van der Waals surface area (Å²) in [5.74, 6) is -5.84. The standard InChI is InChI=1S/C41H63FN4O10/c1-12-16-44-29-20-25(4)53-36(32(29)48)55-35-27(6)34(49)40(8,42)37(50)54-30(13-2)41(9)33(26(5)31(47)24(3)21-39(35,7)52-11)46(38(51)56-41)19-18-45(10)23-28-15-14-17-43-22-28/h12,14-15,17,22,24-27,29-30,32-33,35-36,44,48H,1,13,16,18-21,23H2,2-11H3/t24-,25-,26+,27+,29+,30-,32+,33?,35-,36+,39-,40+,41-/m1/s1. The predicted molar refractivity (Wildman–Crippen MR) is 205 cm³/mol. The number of likely N-dealkylation sites (N-methyl/N-ethyl adjacent to an activating group) is 1. The van der Waals surface area contributed by atoms with Crippen LogP contribution in [0.4, 0.5) is 9.18 Å². The molecule has 4 heterocycles. The van der Waals surface area contributed by atoms with E-state index in [4.69, 9.17) is 23.7 Å². The molecule has 3 fully saturated rings. The lowest BCUT2D eigenvalue weighted by Crippen LogP contribution is -2.62. The molecular weight excluding hydrogens is 727 g/mol. The molecule has 3 aliphatic heterocycles. The van der Waals surface area contributed by atoms with Crippen LogP contribution in [0.2, 0.25) is 0 Å². The Morgan fingerprint density at radius 1 is 1.16 bits per heavy atom. The Hall–Kier alpha value is -3.34. The molecule has 1 aromatic heterocycles. The second-order valence-corrected chi connectivity index (χ2v) is 16.5. The van der Waals surface area contributed by atoms with Crippen LogP contribution in [0.5, 0.6) is 0 Å². The molecule has 2 N–H and O–H groups in total. The number of nitrogens with zero attached hydrogens (tertiary/aromatic N) is 3. The average molecular weight is 791 g/mol. The number of cyclic esters (lactones) is 1. The summed E-state index contributed by atoms with van der Waals surface area (Å²) >= 11 is 0. The van der Waals surface area contributed by atoms with Crippen molar-refractivity contribution in [3.05, 3.63) is 42.7 Å². The largest absolute Gasteiger partial charge is 0.455 e. The van der Waals surface area contributed by atoms with Crippen molar-refractivity contribution in [3.63, 3.8) is 0 Å². The topological polar surface area (TPSA) is 166 Å². The smallest absolute Gasteiger partial charge is 0.410 e. The van der Waals surface area contributed by atoms with Crippen molar-refractivity contribution in [1.82, 2.24) is 20.1 Å². The van der Waals surface area contributed by atoms with Crippen LogP contribution in [0.3, 0.4) is 0 Å². The van der Waals surface area contributed by atoms with Gasteiger partial charge < -0.3 is 39.0 Å². The van der Waals surface area contributed by atoms with Crippen LogP contribution in [0.25, 0.3) is 0 Å². The van der Waals surface area contributed by atoms with Crippen molar-refractivity contribution in [2.75, 3.05) is 33.8 Å². The van der Waals surface area contributed by atoms with E-state index >= 15 is 4.39 Å². The van der Waals surface area contributed by atoms with Crippen LogP contribution in [0.15, 0.2) is 37.2 Å². The van der Waals surface area contributed by atoms with Gasteiger partial charge in [0.1, 0.15) is 18.0 Å².